The van der Waals surface area contributed by atoms with Crippen LogP contribution in [-0.2, 0) is 4.84 Å². The number of piperazine rings is 1. The lowest BCUT2D eigenvalue weighted by atomic mass is 10.2. The molecule has 1 saturated heterocycles. The van der Waals surface area contributed by atoms with E-state index in [1.165, 1.54) is 5.69 Å². The van der Waals surface area contributed by atoms with E-state index in [0.717, 1.165) is 26.2 Å². The number of benzene rings is 1. The monoisotopic (exact) mass is 251 g/mol. The third-order valence-corrected chi connectivity index (χ3v) is 3.25. The van der Waals surface area contributed by atoms with Crippen LogP contribution in [0.1, 0.15) is 0 Å². The molecule has 18 heavy (non-hydrogen) atoms. The number of rotatable bonds is 5. The predicted octanol–water partition coefficient (Wildman–Crippen LogP) is 0.0598. The minimum absolute atomic E-state index is 0.193. The van der Waals surface area contributed by atoms with Gasteiger partial charge in [-0.05, 0) is 12.1 Å². The fourth-order valence-electron chi connectivity index (χ4n) is 2.29. The molecular weight excluding hydrogens is 230 g/mol. The number of para-hydroxylation sites is 1. The van der Waals surface area contributed by atoms with Crippen molar-refractivity contribution in [3.05, 3.63) is 30.3 Å². The van der Waals surface area contributed by atoms with Gasteiger partial charge < -0.3 is 14.8 Å². The third kappa shape index (κ3) is 3.68. The fourth-order valence-corrected chi connectivity index (χ4v) is 2.29. The van der Waals surface area contributed by atoms with E-state index >= 15 is 0 Å². The summed E-state index contributed by atoms with van der Waals surface area (Å²) in [6, 6.07) is 10.4. The summed E-state index contributed by atoms with van der Waals surface area (Å²) in [5.41, 5.74) is 1.27. The highest BCUT2D eigenvalue weighted by Crippen LogP contribution is 2.15. The third-order valence-electron chi connectivity index (χ3n) is 3.25. The van der Waals surface area contributed by atoms with E-state index in [1.54, 1.807) is 0 Å². The molecule has 0 bridgehead atoms. The lowest BCUT2D eigenvalue weighted by Gasteiger charge is -2.36. The molecule has 0 saturated carbocycles. The SMILES string of the molecule is NOCC(O)CN1CCN(c2ccccc2)CC1. The molecule has 1 heterocycles. The Bertz CT molecular complexity index is 339. The van der Waals surface area contributed by atoms with E-state index in [9.17, 15) is 5.11 Å². The van der Waals surface area contributed by atoms with Crippen molar-refractivity contribution < 1.29 is 9.94 Å². The zero-order valence-corrected chi connectivity index (χ0v) is 10.5. The van der Waals surface area contributed by atoms with Gasteiger partial charge >= 0.3 is 0 Å². The largest absolute Gasteiger partial charge is 0.389 e. The Kier molecular flexibility index (Phi) is 4.95. The highest BCUT2D eigenvalue weighted by atomic mass is 16.6. The Morgan fingerprint density at radius 1 is 1.17 bits per heavy atom. The smallest absolute Gasteiger partial charge is 0.0951 e. The molecule has 3 N–H and O–H groups in total. The minimum atomic E-state index is -0.502. The van der Waals surface area contributed by atoms with E-state index in [1.807, 2.05) is 6.07 Å². The van der Waals surface area contributed by atoms with Gasteiger partial charge in [-0.2, -0.15) is 0 Å². The van der Waals surface area contributed by atoms with Gasteiger partial charge in [0.2, 0.25) is 0 Å². The van der Waals surface area contributed by atoms with E-state index in [0.29, 0.717) is 6.54 Å². The second-order valence-corrected chi connectivity index (χ2v) is 4.61. The standard InChI is InChI=1S/C13H21N3O2/c14-18-11-13(17)10-15-6-8-16(9-7-15)12-4-2-1-3-5-12/h1-5,13,17H,6-11,14H2. The molecule has 1 aromatic rings. The molecule has 1 atom stereocenters. The summed E-state index contributed by atoms with van der Waals surface area (Å²) in [7, 11) is 0. The molecule has 0 spiro atoms. The van der Waals surface area contributed by atoms with Crippen molar-refractivity contribution in [3.8, 4) is 0 Å². The van der Waals surface area contributed by atoms with Gasteiger partial charge in [0.05, 0.1) is 12.7 Å². The van der Waals surface area contributed by atoms with Crippen LogP contribution < -0.4 is 10.8 Å². The van der Waals surface area contributed by atoms with Crippen LogP contribution in [-0.4, -0.2) is 55.4 Å². The van der Waals surface area contributed by atoms with E-state index in [2.05, 4.69) is 38.9 Å². The molecular formula is C13H21N3O2. The zero-order valence-electron chi connectivity index (χ0n) is 10.5. The van der Waals surface area contributed by atoms with Crippen LogP contribution in [0.4, 0.5) is 5.69 Å². The van der Waals surface area contributed by atoms with Crippen molar-refractivity contribution in [2.24, 2.45) is 5.90 Å². The molecule has 1 aliphatic rings. The number of hydrogen-bond acceptors (Lipinski definition) is 5. The quantitative estimate of drug-likeness (QED) is 0.725. The van der Waals surface area contributed by atoms with Gasteiger partial charge in [0.1, 0.15) is 0 Å². The van der Waals surface area contributed by atoms with Crippen molar-refractivity contribution in [1.29, 1.82) is 0 Å². The van der Waals surface area contributed by atoms with Crippen molar-refractivity contribution in [1.82, 2.24) is 4.90 Å². The molecule has 0 amide bonds. The molecule has 0 aromatic heterocycles. The van der Waals surface area contributed by atoms with Gasteiger partial charge in [-0.25, -0.2) is 5.90 Å². The summed E-state index contributed by atoms with van der Waals surface area (Å²) >= 11 is 0. The number of anilines is 1. The normalized spacial score (nSPS) is 18.9. The first-order valence-corrected chi connectivity index (χ1v) is 6.31. The number of aliphatic hydroxyl groups excluding tert-OH is 1. The predicted molar refractivity (Wildman–Crippen MR) is 71.2 cm³/mol. The Morgan fingerprint density at radius 2 is 1.83 bits per heavy atom. The molecule has 2 rings (SSSR count). The first kappa shape index (κ1) is 13.3. The van der Waals surface area contributed by atoms with Crippen LogP contribution in [0.3, 0.4) is 0 Å². The maximum absolute atomic E-state index is 9.62. The van der Waals surface area contributed by atoms with Crippen molar-refractivity contribution >= 4 is 5.69 Å². The highest BCUT2D eigenvalue weighted by molar-refractivity contribution is 5.46. The Hall–Kier alpha value is -1.14. The summed E-state index contributed by atoms with van der Waals surface area (Å²) < 4.78 is 0. The Labute approximate surface area is 108 Å². The van der Waals surface area contributed by atoms with Crippen LogP contribution in [0.15, 0.2) is 30.3 Å². The molecule has 1 fully saturated rings. The van der Waals surface area contributed by atoms with Gasteiger partial charge in [-0.1, -0.05) is 18.2 Å². The number of hydrogen-bond donors (Lipinski definition) is 2. The average Bonchev–Trinajstić information content (AvgIpc) is 2.41. The van der Waals surface area contributed by atoms with Gasteiger partial charge in [-0.3, -0.25) is 4.90 Å². The fraction of sp³-hybridized carbons (Fsp3) is 0.538. The summed E-state index contributed by atoms with van der Waals surface area (Å²) in [5, 5.41) is 9.62. The summed E-state index contributed by atoms with van der Waals surface area (Å²) in [6.07, 6.45) is -0.502. The molecule has 5 heteroatoms. The van der Waals surface area contributed by atoms with Crippen LogP contribution in [0, 0.1) is 0 Å². The molecule has 1 aliphatic heterocycles. The summed E-state index contributed by atoms with van der Waals surface area (Å²) in [5.74, 6) is 4.95. The Morgan fingerprint density at radius 3 is 2.44 bits per heavy atom. The van der Waals surface area contributed by atoms with Crippen LogP contribution in [0.25, 0.3) is 0 Å². The maximum Gasteiger partial charge on any atom is 0.0951 e. The molecule has 100 valence electrons. The Balaban J connectivity index is 1.78. The number of nitrogens with zero attached hydrogens (tertiary/aromatic N) is 2. The lowest BCUT2D eigenvalue weighted by Crippen LogP contribution is -2.49. The van der Waals surface area contributed by atoms with E-state index in [-0.39, 0.29) is 6.61 Å². The number of aliphatic hydroxyl groups is 1. The van der Waals surface area contributed by atoms with Gasteiger partial charge in [0, 0.05) is 38.4 Å². The molecule has 1 aromatic carbocycles. The molecule has 1 unspecified atom stereocenters. The number of nitrogens with two attached hydrogens (primary N) is 1. The average molecular weight is 251 g/mol. The van der Waals surface area contributed by atoms with Gasteiger partial charge in [0.25, 0.3) is 0 Å². The molecule has 0 radical (unpaired) electrons. The van der Waals surface area contributed by atoms with Crippen molar-refractivity contribution in [3.63, 3.8) is 0 Å². The second kappa shape index (κ2) is 6.70. The topological polar surface area (TPSA) is 62.0 Å². The van der Waals surface area contributed by atoms with E-state index in [4.69, 9.17) is 5.90 Å². The second-order valence-electron chi connectivity index (χ2n) is 4.61. The summed E-state index contributed by atoms with van der Waals surface area (Å²) in [4.78, 5) is 9.05. The zero-order chi connectivity index (χ0) is 12.8. The van der Waals surface area contributed by atoms with Crippen LogP contribution in [0.5, 0.6) is 0 Å². The maximum atomic E-state index is 9.62. The molecule has 5 nitrogen and oxygen atoms in total. The van der Waals surface area contributed by atoms with Gasteiger partial charge in [0.15, 0.2) is 0 Å². The summed E-state index contributed by atoms with van der Waals surface area (Å²) in [6.45, 7) is 4.70. The van der Waals surface area contributed by atoms with Gasteiger partial charge in [-0.15, -0.1) is 0 Å². The first-order valence-electron chi connectivity index (χ1n) is 6.31. The van der Waals surface area contributed by atoms with E-state index < -0.39 is 6.10 Å². The highest BCUT2D eigenvalue weighted by Gasteiger charge is 2.19. The lowest BCUT2D eigenvalue weighted by molar-refractivity contribution is 0.0154. The molecule has 0 aliphatic carbocycles. The van der Waals surface area contributed by atoms with Crippen molar-refractivity contribution in [2.45, 2.75) is 6.10 Å². The minimum Gasteiger partial charge on any atom is -0.389 e. The van der Waals surface area contributed by atoms with Crippen molar-refractivity contribution in [2.75, 3.05) is 44.2 Å². The number of β-amino-alcohol motifs (C(OH)–C–C–N with tert-alkyl or cyclic N) is 1. The van der Waals surface area contributed by atoms with Crippen LogP contribution >= 0.6 is 0 Å². The first-order chi connectivity index (χ1) is 8.79. The van der Waals surface area contributed by atoms with Crippen LogP contribution in [0.2, 0.25) is 0 Å².